The van der Waals surface area contributed by atoms with E-state index in [1.807, 2.05) is 11.9 Å². The van der Waals surface area contributed by atoms with Gasteiger partial charge in [0.05, 0.1) is 19.3 Å². The molecule has 1 unspecified atom stereocenters. The fraction of sp³-hybridized carbons (Fsp3) is 0.846. The Morgan fingerprint density at radius 3 is 2.58 bits per heavy atom. The zero-order valence-corrected chi connectivity index (χ0v) is 14.8. The van der Waals surface area contributed by atoms with Gasteiger partial charge in [-0.3, -0.25) is 14.2 Å². The molecule has 12 nitrogen and oxygen atoms in total. The molecular formula is C13H20N4O8S. The number of amides is 3. The van der Waals surface area contributed by atoms with Crippen LogP contribution in [0.15, 0.2) is 0 Å². The molecule has 26 heavy (non-hydrogen) atoms. The van der Waals surface area contributed by atoms with Crippen LogP contribution in [0.25, 0.3) is 0 Å². The van der Waals surface area contributed by atoms with Gasteiger partial charge in [0.2, 0.25) is 0 Å². The van der Waals surface area contributed by atoms with Gasteiger partial charge in [0.1, 0.15) is 12.1 Å². The largest absolute Gasteiger partial charge is 0.418 e. The Morgan fingerprint density at radius 2 is 2.04 bits per heavy atom. The van der Waals surface area contributed by atoms with Crippen molar-refractivity contribution in [3.8, 4) is 0 Å². The van der Waals surface area contributed by atoms with Gasteiger partial charge in [-0.1, -0.05) is 0 Å². The summed E-state index contributed by atoms with van der Waals surface area (Å²) in [4.78, 5) is 33.7. The van der Waals surface area contributed by atoms with Crippen molar-refractivity contribution < 1.29 is 36.4 Å². The topological polar surface area (TPSA) is 138 Å². The zero-order chi connectivity index (χ0) is 18.7. The zero-order valence-electron chi connectivity index (χ0n) is 14.0. The monoisotopic (exact) mass is 392 g/mol. The number of carbonyl (C=O) groups is 2. The molecule has 4 heterocycles. The van der Waals surface area contributed by atoms with Crippen LogP contribution in [0.2, 0.25) is 0 Å². The van der Waals surface area contributed by atoms with Crippen LogP contribution in [0, 0.1) is 5.41 Å². The van der Waals surface area contributed by atoms with Gasteiger partial charge in [0.15, 0.2) is 0 Å². The number of hydrogen-bond acceptors (Lipinski definition) is 8. The first-order chi connectivity index (χ1) is 12.2. The van der Waals surface area contributed by atoms with Crippen molar-refractivity contribution in [2.45, 2.75) is 24.6 Å². The van der Waals surface area contributed by atoms with Crippen LogP contribution in [0.5, 0.6) is 0 Å². The smallest absolute Gasteiger partial charge is 0.380 e. The Balaban J connectivity index is 1.49. The molecular weight excluding hydrogens is 372 g/mol. The van der Waals surface area contributed by atoms with Crippen LogP contribution in [-0.2, 0) is 29.1 Å². The highest BCUT2D eigenvalue weighted by molar-refractivity contribution is 7.80. The lowest BCUT2D eigenvalue weighted by Gasteiger charge is -2.50. The average Bonchev–Trinajstić information content (AvgIpc) is 2.75. The number of hydroxylamine groups is 3. The number of hydrogen-bond donors (Lipinski definition) is 2. The van der Waals surface area contributed by atoms with Crippen molar-refractivity contribution in [2.24, 2.45) is 5.41 Å². The summed E-state index contributed by atoms with van der Waals surface area (Å²) in [5.41, 5.74) is 1.79. The van der Waals surface area contributed by atoms with E-state index in [4.69, 9.17) is 14.1 Å². The Labute approximate surface area is 149 Å². The maximum Gasteiger partial charge on any atom is 0.418 e. The number of likely N-dealkylation sites (tertiary alicyclic amines) is 1. The van der Waals surface area contributed by atoms with Crippen molar-refractivity contribution in [3.05, 3.63) is 0 Å². The molecule has 0 saturated carbocycles. The summed E-state index contributed by atoms with van der Waals surface area (Å²) in [5, 5.41) is 0.632. The molecule has 3 amide bonds. The highest BCUT2D eigenvalue weighted by Crippen LogP contribution is 2.47. The summed E-state index contributed by atoms with van der Waals surface area (Å²) in [7, 11) is -2.94. The highest BCUT2D eigenvalue weighted by Gasteiger charge is 2.63. The van der Waals surface area contributed by atoms with Gasteiger partial charge >= 0.3 is 16.4 Å². The SMILES string of the molecule is CN1CC(ONC(=O)[C@@H]2CC3(COC3)C3CN2C(=O)N3OS(=O)(=O)O)C1. The second kappa shape index (κ2) is 6.00. The third kappa shape index (κ3) is 2.93. The molecule has 13 heteroatoms. The summed E-state index contributed by atoms with van der Waals surface area (Å²) >= 11 is 0. The molecule has 4 saturated heterocycles. The van der Waals surface area contributed by atoms with Crippen LogP contribution < -0.4 is 5.48 Å². The fourth-order valence-corrected chi connectivity index (χ4v) is 4.32. The number of piperidine rings is 1. The Kier molecular flexibility index (Phi) is 4.13. The van der Waals surface area contributed by atoms with Crippen molar-refractivity contribution >= 4 is 22.3 Å². The number of fused-ring (bicyclic) bond motifs is 3. The summed E-state index contributed by atoms with van der Waals surface area (Å²) in [6, 6.07) is -2.26. The van der Waals surface area contributed by atoms with Crippen LogP contribution in [0.3, 0.4) is 0 Å². The first kappa shape index (κ1) is 17.9. The van der Waals surface area contributed by atoms with Crippen LogP contribution in [-0.4, -0.2) is 97.9 Å². The molecule has 1 spiro atoms. The molecule has 4 rings (SSSR count). The standard InChI is InChI=1S/C13H20N4O8S/c1-15-3-8(4-15)24-14-11(18)9-2-13(6-23-7-13)10-5-16(9)12(19)17(10)25-26(20,21)22/h8-10H,2-7H2,1H3,(H,14,18)(H,20,21,22)/t9-,10?/m0/s1. The maximum absolute atomic E-state index is 12.6. The lowest BCUT2D eigenvalue weighted by atomic mass is 9.71. The predicted molar refractivity (Wildman–Crippen MR) is 82.5 cm³/mol. The molecule has 0 aromatic carbocycles. The molecule has 146 valence electrons. The second-order valence-corrected chi connectivity index (χ2v) is 8.29. The molecule has 4 aliphatic rings. The Bertz CT molecular complexity index is 720. The minimum Gasteiger partial charge on any atom is -0.380 e. The Hall–Kier alpha value is -1.51. The molecule has 2 N–H and O–H groups in total. The minimum absolute atomic E-state index is 0.0992. The van der Waals surface area contributed by atoms with Crippen LogP contribution in [0.1, 0.15) is 6.42 Å². The van der Waals surface area contributed by atoms with E-state index in [1.54, 1.807) is 0 Å². The number of carbonyl (C=O) groups excluding carboxylic acids is 2. The molecule has 0 aromatic heterocycles. The number of nitrogens with zero attached hydrogens (tertiary/aromatic N) is 3. The third-order valence-electron chi connectivity index (χ3n) is 5.38. The van der Waals surface area contributed by atoms with E-state index in [-0.39, 0.29) is 32.3 Å². The summed E-state index contributed by atoms with van der Waals surface area (Å²) in [6.07, 6.45) is 0.184. The fourth-order valence-electron chi connectivity index (χ4n) is 3.95. The summed E-state index contributed by atoms with van der Waals surface area (Å²) < 4.78 is 40.8. The van der Waals surface area contributed by atoms with Gasteiger partial charge in [-0.2, -0.15) is 13.5 Å². The first-order valence-electron chi connectivity index (χ1n) is 8.17. The molecule has 0 aliphatic carbocycles. The average molecular weight is 392 g/mol. The second-order valence-electron chi connectivity index (χ2n) is 7.28. The molecule has 2 bridgehead atoms. The molecule has 0 aromatic rings. The molecule has 2 atom stereocenters. The quantitative estimate of drug-likeness (QED) is 0.401. The lowest BCUT2D eigenvalue weighted by Crippen LogP contribution is -2.63. The van der Waals surface area contributed by atoms with Crippen molar-refractivity contribution in [3.63, 3.8) is 0 Å². The minimum atomic E-state index is -4.87. The van der Waals surface area contributed by atoms with E-state index in [9.17, 15) is 18.0 Å². The summed E-state index contributed by atoms with van der Waals surface area (Å²) in [6.45, 7) is 2.03. The highest BCUT2D eigenvalue weighted by atomic mass is 32.3. The van der Waals surface area contributed by atoms with Gasteiger partial charge in [0.25, 0.3) is 5.91 Å². The number of ether oxygens (including phenoxy) is 1. The van der Waals surface area contributed by atoms with E-state index in [2.05, 4.69) is 9.76 Å². The van der Waals surface area contributed by atoms with Gasteiger partial charge in [-0.05, 0) is 13.5 Å². The molecule has 4 fully saturated rings. The summed E-state index contributed by atoms with van der Waals surface area (Å²) in [5.74, 6) is -0.480. The number of likely N-dealkylation sites (N-methyl/N-ethyl adjacent to an activating group) is 1. The number of urea groups is 1. The lowest BCUT2D eigenvalue weighted by molar-refractivity contribution is -0.195. The van der Waals surface area contributed by atoms with E-state index in [0.29, 0.717) is 18.2 Å². The molecule has 4 aliphatic heterocycles. The van der Waals surface area contributed by atoms with Gasteiger partial charge in [-0.15, -0.1) is 4.28 Å². The van der Waals surface area contributed by atoms with Crippen LogP contribution >= 0.6 is 0 Å². The number of rotatable bonds is 5. The predicted octanol–water partition coefficient (Wildman–Crippen LogP) is -2.02. The first-order valence-corrected chi connectivity index (χ1v) is 9.54. The van der Waals surface area contributed by atoms with Crippen molar-refractivity contribution in [2.75, 3.05) is 39.9 Å². The van der Waals surface area contributed by atoms with E-state index in [0.717, 1.165) is 0 Å². The van der Waals surface area contributed by atoms with Crippen molar-refractivity contribution in [1.82, 2.24) is 20.3 Å². The van der Waals surface area contributed by atoms with Gasteiger partial charge in [0, 0.05) is 25.0 Å². The van der Waals surface area contributed by atoms with Crippen LogP contribution in [0.4, 0.5) is 4.79 Å². The van der Waals surface area contributed by atoms with E-state index >= 15 is 0 Å². The molecule has 0 radical (unpaired) electrons. The maximum atomic E-state index is 12.6. The third-order valence-corrected chi connectivity index (χ3v) is 5.73. The number of nitrogens with one attached hydrogen (secondary N) is 1. The van der Waals surface area contributed by atoms with E-state index in [1.165, 1.54) is 4.90 Å². The normalized spacial score (nSPS) is 31.1. The van der Waals surface area contributed by atoms with Gasteiger partial charge < -0.3 is 14.5 Å². The van der Waals surface area contributed by atoms with E-state index < -0.39 is 39.8 Å². The van der Waals surface area contributed by atoms with Gasteiger partial charge in [-0.25, -0.2) is 10.3 Å². The van der Waals surface area contributed by atoms with Crippen molar-refractivity contribution in [1.29, 1.82) is 0 Å². The Morgan fingerprint density at radius 1 is 1.35 bits per heavy atom.